The Balaban J connectivity index is 1.34. The van der Waals surface area contributed by atoms with Crippen LogP contribution in [0.5, 0.6) is 0 Å². The lowest BCUT2D eigenvalue weighted by molar-refractivity contribution is 0.101. The molecule has 0 radical (unpaired) electrons. The molecule has 202 valence electrons. The third-order valence-corrected chi connectivity index (χ3v) is 6.95. The first kappa shape index (κ1) is 25.7. The number of anilines is 3. The Labute approximate surface area is 219 Å². The molecule has 3 aromatic rings. The first-order valence-corrected chi connectivity index (χ1v) is 13.1. The highest BCUT2D eigenvalue weighted by Gasteiger charge is 2.30. The maximum Gasteiger partial charge on any atom is 0.407 e. The molecule has 0 aliphatic heterocycles. The van der Waals surface area contributed by atoms with E-state index in [2.05, 4.69) is 31.0 Å². The Morgan fingerprint density at radius 2 is 1.82 bits per heavy atom. The molecule has 0 spiro atoms. The average Bonchev–Trinajstić information content (AvgIpc) is 3.59. The van der Waals surface area contributed by atoms with Gasteiger partial charge in [0.25, 0.3) is 5.91 Å². The van der Waals surface area contributed by atoms with E-state index in [4.69, 9.17) is 0 Å². The average molecular weight is 525 g/mol. The lowest BCUT2D eigenvalue weighted by atomic mass is 9.90. The van der Waals surface area contributed by atoms with Gasteiger partial charge >= 0.3 is 6.09 Å². The van der Waals surface area contributed by atoms with Crippen LogP contribution in [0.25, 0.3) is 5.65 Å². The van der Waals surface area contributed by atoms with Crippen LogP contribution in [0.2, 0.25) is 0 Å². The second-order valence-corrected chi connectivity index (χ2v) is 10.5. The largest absolute Gasteiger partial charge is 0.465 e. The van der Waals surface area contributed by atoms with E-state index in [0.29, 0.717) is 24.1 Å². The number of hydrogen-bond acceptors (Lipinski definition) is 7. The van der Waals surface area contributed by atoms with E-state index >= 15 is 0 Å². The predicted octanol–water partition coefficient (Wildman–Crippen LogP) is 4.45. The fourth-order valence-corrected chi connectivity index (χ4v) is 4.93. The second-order valence-electron chi connectivity index (χ2n) is 10.5. The van der Waals surface area contributed by atoms with E-state index < -0.39 is 17.8 Å². The van der Waals surface area contributed by atoms with Gasteiger partial charge in [0.1, 0.15) is 5.82 Å². The highest BCUT2D eigenvalue weighted by atomic mass is 19.1. The van der Waals surface area contributed by atoms with Gasteiger partial charge in [-0.3, -0.25) is 9.78 Å². The maximum absolute atomic E-state index is 14.1. The number of carbonyl (C=O) groups is 2. The fourth-order valence-electron chi connectivity index (χ4n) is 4.93. The number of carbonyl (C=O) groups excluding carboxylic acids is 1. The fraction of sp³-hybridized carbons (Fsp3) is 0.500. The van der Waals surface area contributed by atoms with Crippen LogP contribution in [0, 0.1) is 11.7 Å². The molecule has 11 nitrogen and oxygen atoms in total. The molecule has 3 aromatic heterocycles. The Morgan fingerprint density at radius 1 is 1.11 bits per heavy atom. The first-order valence-electron chi connectivity index (χ1n) is 13.1. The summed E-state index contributed by atoms with van der Waals surface area (Å²) in [7, 11) is 0. The SMILES string of the molecule is CC(C)CN(C(=O)O)C1CCC(Nc2cc(NC3CC3)c3ncc(C(=O)Nc4ccncc4F)n3n2)CC1. The summed E-state index contributed by atoms with van der Waals surface area (Å²) in [5, 5.41) is 23.8. The monoisotopic (exact) mass is 524 g/mol. The Morgan fingerprint density at radius 3 is 2.47 bits per heavy atom. The number of hydrogen-bond donors (Lipinski definition) is 4. The number of amides is 2. The highest BCUT2D eigenvalue weighted by Crippen LogP contribution is 2.31. The molecular weight excluding hydrogens is 491 g/mol. The predicted molar refractivity (Wildman–Crippen MR) is 141 cm³/mol. The minimum absolute atomic E-state index is 0.00742. The van der Waals surface area contributed by atoms with Crippen LogP contribution >= 0.6 is 0 Å². The van der Waals surface area contributed by atoms with Crippen LogP contribution in [-0.4, -0.2) is 66.3 Å². The number of carboxylic acid groups (broad SMARTS) is 1. The summed E-state index contributed by atoms with van der Waals surface area (Å²) >= 11 is 0. The first-order chi connectivity index (χ1) is 18.3. The number of nitrogens with zero attached hydrogens (tertiary/aromatic N) is 5. The molecule has 38 heavy (non-hydrogen) atoms. The molecular formula is C26H33FN8O3. The minimum Gasteiger partial charge on any atom is -0.465 e. The molecule has 2 amide bonds. The Hall–Kier alpha value is -3.96. The summed E-state index contributed by atoms with van der Waals surface area (Å²) in [6, 6.07) is 3.77. The quantitative estimate of drug-likeness (QED) is 0.322. The van der Waals surface area contributed by atoms with Gasteiger partial charge < -0.3 is 26.0 Å². The molecule has 2 saturated carbocycles. The van der Waals surface area contributed by atoms with Crippen LogP contribution < -0.4 is 16.0 Å². The summed E-state index contributed by atoms with van der Waals surface area (Å²) in [6.07, 6.45) is 8.26. The zero-order valence-corrected chi connectivity index (χ0v) is 21.5. The number of pyridine rings is 1. The summed E-state index contributed by atoms with van der Waals surface area (Å²) < 4.78 is 15.5. The van der Waals surface area contributed by atoms with Gasteiger partial charge in [-0.15, -0.1) is 5.10 Å². The molecule has 3 heterocycles. The molecule has 0 aromatic carbocycles. The molecule has 2 fully saturated rings. The van der Waals surface area contributed by atoms with Crippen molar-refractivity contribution in [3.8, 4) is 0 Å². The third kappa shape index (κ3) is 5.79. The van der Waals surface area contributed by atoms with Crippen LogP contribution in [0.3, 0.4) is 0 Å². The molecule has 0 unspecified atom stereocenters. The Kier molecular flexibility index (Phi) is 7.30. The summed E-state index contributed by atoms with van der Waals surface area (Å²) in [4.78, 5) is 34.5. The molecule has 2 aliphatic rings. The number of rotatable bonds is 9. The van der Waals surface area contributed by atoms with E-state index in [1.165, 1.54) is 23.0 Å². The molecule has 4 N–H and O–H groups in total. The van der Waals surface area contributed by atoms with Gasteiger partial charge in [-0.2, -0.15) is 0 Å². The van der Waals surface area contributed by atoms with Gasteiger partial charge in [0.05, 0.1) is 23.8 Å². The molecule has 0 atom stereocenters. The van der Waals surface area contributed by atoms with E-state index in [1.807, 2.05) is 19.9 Å². The molecule has 0 saturated heterocycles. The smallest absolute Gasteiger partial charge is 0.407 e. The third-order valence-electron chi connectivity index (χ3n) is 6.95. The number of halogens is 1. The maximum atomic E-state index is 14.1. The number of fused-ring (bicyclic) bond motifs is 1. The van der Waals surface area contributed by atoms with Crippen molar-refractivity contribution in [1.82, 2.24) is 24.5 Å². The summed E-state index contributed by atoms with van der Waals surface area (Å²) in [5.41, 5.74) is 1.47. The standard InChI is InChI=1S/C26H33FN8O3/c1-15(2)14-34(26(37)38)18-7-5-17(6-8-18)31-23-11-21(30-16-3-4-16)24-29-13-22(35(24)33-23)25(36)32-20-9-10-28-12-19(20)27/h9-13,15-18,30H,3-8,14H2,1-2H3,(H,31,33)(H,37,38)(H,28,32,36). The van der Waals surface area contributed by atoms with Crippen molar-refractivity contribution in [1.29, 1.82) is 0 Å². The number of imidazole rings is 1. The van der Waals surface area contributed by atoms with Gasteiger partial charge in [0.15, 0.2) is 17.2 Å². The lowest BCUT2D eigenvalue weighted by Gasteiger charge is -2.36. The summed E-state index contributed by atoms with van der Waals surface area (Å²) in [6.45, 7) is 4.58. The second kappa shape index (κ2) is 10.8. The van der Waals surface area contributed by atoms with Crippen molar-refractivity contribution >= 4 is 34.8 Å². The van der Waals surface area contributed by atoms with E-state index in [9.17, 15) is 19.1 Å². The van der Waals surface area contributed by atoms with Crippen LogP contribution in [0.1, 0.15) is 62.9 Å². The molecule has 12 heteroatoms. The topological polar surface area (TPSA) is 137 Å². The number of nitrogens with one attached hydrogen (secondary N) is 3. The van der Waals surface area contributed by atoms with Gasteiger partial charge in [-0.1, -0.05) is 13.8 Å². The lowest BCUT2D eigenvalue weighted by Crippen LogP contribution is -2.45. The zero-order chi connectivity index (χ0) is 26.8. The van der Waals surface area contributed by atoms with E-state index in [1.54, 1.807) is 4.90 Å². The van der Waals surface area contributed by atoms with Gasteiger partial charge in [0.2, 0.25) is 0 Å². The zero-order valence-electron chi connectivity index (χ0n) is 21.5. The highest BCUT2D eigenvalue weighted by molar-refractivity contribution is 6.03. The van der Waals surface area contributed by atoms with Crippen molar-refractivity contribution < 1.29 is 19.1 Å². The van der Waals surface area contributed by atoms with Gasteiger partial charge in [-0.25, -0.2) is 18.7 Å². The molecule has 0 bridgehead atoms. The number of aromatic nitrogens is 4. The van der Waals surface area contributed by atoms with Crippen LogP contribution in [-0.2, 0) is 0 Å². The van der Waals surface area contributed by atoms with Gasteiger partial charge in [0, 0.05) is 36.9 Å². The Bertz CT molecular complexity index is 1320. The minimum atomic E-state index is -0.865. The van der Waals surface area contributed by atoms with Crippen LogP contribution in [0.15, 0.2) is 30.7 Å². The van der Waals surface area contributed by atoms with Crippen molar-refractivity contribution in [2.24, 2.45) is 5.92 Å². The van der Waals surface area contributed by atoms with Crippen molar-refractivity contribution in [2.45, 2.75) is 70.5 Å². The van der Waals surface area contributed by atoms with E-state index in [-0.39, 0.29) is 29.4 Å². The van der Waals surface area contributed by atoms with Gasteiger partial charge in [-0.05, 0) is 50.5 Å². The van der Waals surface area contributed by atoms with Crippen molar-refractivity contribution in [3.63, 3.8) is 0 Å². The summed E-state index contributed by atoms with van der Waals surface area (Å²) in [5.74, 6) is -0.314. The normalized spacial score (nSPS) is 19.4. The van der Waals surface area contributed by atoms with Crippen molar-refractivity contribution in [2.75, 3.05) is 22.5 Å². The van der Waals surface area contributed by atoms with Crippen molar-refractivity contribution in [3.05, 3.63) is 42.2 Å². The van der Waals surface area contributed by atoms with Crippen LogP contribution in [0.4, 0.5) is 26.4 Å². The molecule has 2 aliphatic carbocycles. The molecule has 5 rings (SSSR count). The van der Waals surface area contributed by atoms with E-state index in [0.717, 1.165) is 50.4 Å².